The van der Waals surface area contributed by atoms with Crippen molar-refractivity contribution >= 4 is 0 Å². The minimum absolute atomic E-state index is 1.07. The third-order valence-electron chi connectivity index (χ3n) is 5.44. The first kappa shape index (κ1) is 16.1. The highest BCUT2D eigenvalue weighted by Crippen LogP contribution is 2.44. The molecule has 1 aliphatic rings. The summed E-state index contributed by atoms with van der Waals surface area (Å²) >= 11 is 0. The molecule has 0 N–H and O–H groups in total. The number of rotatable bonds is 6. The molecule has 1 aliphatic carbocycles. The van der Waals surface area contributed by atoms with Crippen LogP contribution in [-0.2, 0) is 12.8 Å². The number of hydrogen-bond acceptors (Lipinski definition) is 0. The predicted octanol–water partition coefficient (Wildman–Crippen LogP) is 7.05. The molecule has 0 bridgehead atoms. The van der Waals surface area contributed by atoms with E-state index < -0.39 is 0 Å². The molecule has 0 heterocycles. The molecular weight excluding hydrogens is 300 g/mol. The van der Waals surface area contributed by atoms with E-state index in [4.69, 9.17) is 0 Å². The lowest BCUT2D eigenvalue weighted by Crippen LogP contribution is -1.95. The molecule has 3 aromatic carbocycles. The Kier molecular flexibility index (Phi) is 4.70. The number of benzene rings is 3. The third-order valence-corrected chi connectivity index (χ3v) is 5.44. The molecule has 25 heavy (non-hydrogen) atoms. The molecule has 4 rings (SSSR count). The second kappa shape index (κ2) is 7.27. The zero-order valence-corrected chi connectivity index (χ0v) is 15.1. The maximum absolute atomic E-state index is 2.38. The van der Waals surface area contributed by atoms with Crippen LogP contribution in [0.25, 0.3) is 22.3 Å². The van der Waals surface area contributed by atoms with Gasteiger partial charge in [-0.1, -0.05) is 92.9 Å². The summed E-state index contributed by atoms with van der Waals surface area (Å²) in [6.07, 6.45) is 7.56. The van der Waals surface area contributed by atoms with Crippen molar-refractivity contribution in [3.8, 4) is 22.3 Å². The summed E-state index contributed by atoms with van der Waals surface area (Å²) in [5.41, 5.74) is 10.3. The van der Waals surface area contributed by atoms with Crippen molar-refractivity contribution in [3.63, 3.8) is 0 Å². The molecule has 0 saturated carbocycles. The molecule has 0 fully saturated rings. The lowest BCUT2D eigenvalue weighted by atomic mass is 9.90. The average molecular weight is 326 g/mol. The van der Waals surface area contributed by atoms with Gasteiger partial charge in [-0.05, 0) is 58.2 Å². The van der Waals surface area contributed by atoms with Crippen LogP contribution in [0.1, 0.15) is 49.3 Å². The van der Waals surface area contributed by atoms with E-state index in [9.17, 15) is 0 Å². The molecule has 0 heteroatoms. The molecule has 0 nitrogen and oxygen atoms in total. The Bertz CT molecular complexity index is 858. The Labute approximate surface area is 151 Å². The largest absolute Gasteiger partial charge is 0.0654 e. The molecule has 3 aromatic rings. The fourth-order valence-corrected chi connectivity index (χ4v) is 4.16. The van der Waals surface area contributed by atoms with Gasteiger partial charge in [0.15, 0.2) is 0 Å². The fraction of sp³-hybridized carbons (Fsp3) is 0.280. The Morgan fingerprint density at radius 3 is 2.36 bits per heavy atom. The van der Waals surface area contributed by atoms with E-state index in [1.807, 2.05) is 0 Å². The van der Waals surface area contributed by atoms with Gasteiger partial charge in [0, 0.05) is 0 Å². The molecule has 126 valence electrons. The minimum atomic E-state index is 1.07. The van der Waals surface area contributed by atoms with Gasteiger partial charge in [-0.2, -0.15) is 0 Å². The normalized spacial score (nSPS) is 12.0. The van der Waals surface area contributed by atoms with Gasteiger partial charge in [0.05, 0.1) is 0 Å². The van der Waals surface area contributed by atoms with Crippen LogP contribution in [0.15, 0.2) is 66.7 Å². The van der Waals surface area contributed by atoms with Crippen LogP contribution in [0.4, 0.5) is 0 Å². The van der Waals surface area contributed by atoms with E-state index in [0.29, 0.717) is 0 Å². The zero-order chi connectivity index (χ0) is 17.1. The van der Waals surface area contributed by atoms with Gasteiger partial charge in [-0.25, -0.2) is 0 Å². The summed E-state index contributed by atoms with van der Waals surface area (Å²) in [6.45, 7) is 2.28. The van der Waals surface area contributed by atoms with Crippen LogP contribution < -0.4 is 0 Å². The van der Waals surface area contributed by atoms with Crippen molar-refractivity contribution < 1.29 is 0 Å². The minimum Gasteiger partial charge on any atom is -0.0654 e. The van der Waals surface area contributed by atoms with Crippen molar-refractivity contribution in [2.75, 3.05) is 0 Å². The van der Waals surface area contributed by atoms with Crippen molar-refractivity contribution in [2.45, 2.75) is 45.4 Å². The highest BCUT2D eigenvalue weighted by atomic mass is 14.3. The van der Waals surface area contributed by atoms with Gasteiger partial charge in [0.2, 0.25) is 0 Å². The number of unbranched alkanes of at least 4 members (excludes halogenated alkanes) is 3. The molecule has 0 aromatic heterocycles. The highest BCUT2D eigenvalue weighted by molar-refractivity contribution is 5.86. The summed E-state index contributed by atoms with van der Waals surface area (Å²) in [7, 11) is 0. The smallest absolute Gasteiger partial charge is 0.000718 e. The van der Waals surface area contributed by atoms with Crippen molar-refractivity contribution in [1.29, 1.82) is 0 Å². The maximum atomic E-state index is 2.38. The van der Waals surface area contributed by atoms with Crippen molar-refractivity contribution in [2.24, 2.45) is 0 Å². The molecule has 0 amide bonds. The van der Waals surface area contributed by atoms with Crippen LogP contribution in [-0.4, -0.2) is 0 Å². The molecule has 0 aliphatic heterocycles. The standard InChI is InChI=1S/C25H26/c1-2-3-4-6-13-20-16-17-22(19-11-7-5-8-12-19)24-18-21-14-9-10-15-23(21)25(20)24/h5,7-12,14-17H,2-4,6,13,18H2,1H3. The van der Waals surface area contributed by atoms with E-state index >= 15 is 0 Å². The lowest BCUT2D eigenvalue weighted by molar-refractivity contribution is 0.667. The Hall–Kier alpha value is -2.34. The predicted molar refractivity (Wildman–Crippen MR) is 108 cm³/mol. The van der Waals surface area contributed by atoms with E-state index in [-0.39, 0.29) is 0 Å². The first-order valence-corrected chi connectivity index (χ1v) is 9.67. The number of aryl methyl sites for hydroxylation is 1. The van der Waals surface area contributed by atoms with Gasteiger partial charge in [0.25, 0.3) is 0 Å². The Morgan fingerprint density at radius 1 is 0.720 bits per heavy atom. The highest BCUT2D eigenvalue weighted by Gasteiger charge is 2.24. The van der Waals surface area contributed by atoms with E-state index in [0.717, 1.165) is 6.42 Å². The Morgan fingerprint density at radius 2 is 1.52 bits per heavy atom. The second-order valence-electron chi connectivity index (χ2n) is 7.14. The maximum Gasteiger partial charge on any atom is -0.000718 e. The summed E-state index contributed by atoms with van der Waals surface area (Å²) in [5, 5.41) is 0. The molecule has 0 unspecified atom stereocenters. The number of hydrogen-bond donors (Lipinski definition) is 0. The molecule has 0 radical (unpaired) electrons. The third kappa shape index (κ3) is 3.14. The SMILES string of the molecule is CCCCCCc1ccc(-c2ccccc2)c2c1-c1ccccc1C2. The summed E-state index contributed by atoms with van der Waals surface area (Å²) in [6, 6.07) is 24.6. The van der Waals surface area contributed by atoms with E-state index in [2.05, 4.69) is 73.7 Å². The average Bonchev–Trinajstić information content (AvgIpc) is 3.06. The fourth-order valence-electron chi connectivity index (χ4n) is 4.16. The van der Waals surface area contributed by atoms with Crippen LogP contribution in [0.2, 0.25) is 0 Å². The van der Waals surface area contributed by atoms with Gasteiger partial charge >= 0.3 is 0 Å². The zero-order valence-electron chi connectivity index (χ0n) is 15.1. The summed E-state index contributed by atoms with van der Waals surface area (Å²) in [4.78, 5) is 0. The molecule has 0 saturated heterocycles. The van der Waals surface area contributed by atoms with Crippen LogP contribution >= 0.6 is 0 Å². The quantitative estimate of drug-likeness (QED) is 0.333. The van der Waals surface area contributed by atoms with Crippen molar-refractivity contribution in [3.05, 3.63) is 83.4 Å². The van der Waals surface area contributed by atoms with Gasteiger partial charge < -0.3 is 0 Å². The topological polar surface area (TPSA) is 0 Å². The first-order valence-electron chi connectivity index (χ1n) is 9.67. The Balaban J connectivity index is 1.77. The first-order chi connectivity index (χ1) is 12.4. The molecule has 0 spiro atoms. The number of fused-ring (bicyclic) bond motifs is 3. The van der Waals surface area contributed by atoms with E-state index in [1.54, 1.807) is 0 Å². The second-order valence-corrected chi connectivity index (χ2v) is 7.14. The molecule has 0 atom stereocenters. The van der Waals surface area contributed by atoms with E-state index in [1.165, 1.54) is 71.0 Å². The van der Waals surface area contributed by atoms with Crippen LogP contribution in [0, 0.1) is 0 Å². The monoisotopic (exact) mass is 326 g/mol. The lowest BCUT2D eigenvalue weighted by Gasteiger charge is -2.14. The van der Waals surface area contributed by atoms with Crippen molar-refractivity contribution in [1.82, 2.24) is 0 Å². The summed E-state index contributed by atoms with van der Waals surface area (Å²) < 4.78 is 0. The van der Waals surface area contributed by atoms with Crippen LogP contribution in [0.3, 0.4) is 0 Å². The summed E-state index contributed by atoms with van der Waals surface area (Å²) in [5.74, 6) is 0. The van der Waals surface area contributed by atoms with Crippen LogP contribution in [0.5, 0.6) is 0 Å². The van der Waals surface area contributed by atoms with Gasteiger partial charge in [0.1, 0.15) is 0 Å². The van der Waals surface area contributed by atoms with Gasteiger partial charge in [-0.15, -0.1) is 0 Å². The van der Waals surface area contributed by atoms with Gasteiger partial charge in [-0.3, -0.25) is 0 Å². The molecular formula is C25H26.